The number of carboxylic acid groups (broad SMARTS) is 3. The number of carbonyl (C=O) groups excluding carboxylic acids is 1. The van der Waals surface area contributed by atoms with Gasteiger partial charge in [-0.3, -0.25) is 18.6 Å². The summed E-state index contributed by atoms with van der Waals surface area (Å²) in [6.45, 7) is 3.36. The van der Waals surface area contributed by atoms with Crippen molar-refractivity contribution >= 4 is 68.6 Å². The van der Waals surface area contributed by atoms with Gasteiger partial charge in [0.2, 0.25) is 0 Å². The number of amides is 1. The Morgan fingerprint density at radius 3 is 2.18 bits per heavy atom. The Hall–Kier alpha value is -4.84. The molecule has 5 rings (SSSR count). The van der Waals surface area contributed by atoms with Crippen molar-refractivity contribution in [2.24, 2.45) is 0 Å². The maximum atomic E-state index is 13.7. The molecule has 1 aliphatic heterocycles. The number of likely N-dealkylation sites (N-methyl/N-ethyl adjacent to an activating group) is 1. The minimum atomic E-state index is -2.74. The fraction of sp³-hybridized carbons (Fsp3) is 0.341. The number of hydrogen-bond donors (Lipinski definition) is 4. The van der Waals surface area contributed by atoms with E-state index < -0.39 is 47.2 Å². The Bertz CT molecular complexity index is 2130. The van der Waals surface area contributed by atoms with Crippen molar-refractivity contribution in [2.45, 2.75) is 54.4 Å². The Morgan fingerprint density at radius 2 is 1.59 bits per heavy atom. The number of piperidine rings is 1. The maximum absolute atomic E-state index is 13.7. The van der Waals surface area contributed by atoms with Crippen LogP contribution in [-0.2, 0) is 25.2 Å². The molecule has 1 fully saturated rings. The van der Waals surface area contributed by atoms with Gasteiger partial charge in [0.25, 0.3) is 5.91 Å². The lowest BCUT2D eigenvalue weighted by atomic mass is 9.88. The molecule has 0 saturated carbocycles. The first-order chi connectivity index (χ1) is 26.5. The number of carboxylic acids is 3. The van der Waals surface area contributed by atoms with Crippen molar-refractivity contribution in [1.82, 2.24) is 9.80 Å². The van der Waals surface area contributed by atoms with Crippen LogP contribution in [0.5, 0.6) is 0 Å². The second kappa shape index (κ2) is 19.8. The maximum Gasteiger partial charge on any atom is 0.336 e. The molecule has 12 nitrogen and oxygen atoms in total. The standard InChI is InChI=1S/C35H35Cl2N3O2S.C6H8O7/c1-39(35(41)31-8-5-6-27-20-24(22-38)10-12-29(27)31)23-28(26-11-13-32(36)33(37)21-26)16-19-40-17-14-25(15-18-40)30-7-3-4-9-34(30)43(2)42;7-3(8)1-6(13,5(11)12)2-4(9)10/h3-13,20-21,25,28H,14-19,23H2,1-2H3;13H,1-2H2,(H,7,8)(H,9,10)(H,11,12)/t28-,43+;/m1./s1. The van der Waals surface area contributed by atoms with E-state index in [1.165, 1.54) is 5.56 Å². The van der Waals surface area contributed by atoms with E-state index in [0.29, 0.717) is 33.6 Å². The van der Waals surface area contributed by atoms with Crippen LogP contribution in [0.15, 0.2) is 83.8 Å². The van der Waals surface area contributed by atoms with Gasteiger partial charge in [-0.05, 0) is 103 Å². The van der Waals surface area contributed by atoms with E-state index in [2.05, 4.69) is 17.0 Å². The smallest absolute Gasteiger partial charge is 0.336 e. The third-order valence-electron chi connectivity index (χ3n) is 9.83. The van der Waals surface area contributed by atoms with E-state index in [1.807, 2.05) is 73.8 Å². The number of likely N-dealkylation sites (tertiary alicyclic amines) is 1. The summed E-state index contributed by atoms with van der Waals surface area (Å²) in [7, 11) is 0.846. The van der Waals surface area contributed by atoms with Gasteiger partial charge in [-0.2, -0.15) is 5.26 Å². The zero-order valence-corrected chi connectivity index (χ0v) is 33.2. The van der Waals surface area contributed by atoms with E-state index in [4.69, 9.17) is 43.6 Å². The van der Waals surface area contributed by atoms with Crippen molar-refractivity contribution in [3.05, 3.63) is 111 Å². The summed E-state index contributed by atoms with van der Waals surface area (Å²) >= 11 is 12.7. The molecule has 1 heterocycles. The highest BCUT2D eigenvalue weighted by molar-refractivity contribution is 7.84. The first-order valence-electron chi connectivity index (χ1n) is 17.7. The van der Waals surface area contributed by atoms with E-state index in [1.54, 1.807) is 17.2 Å². The molecule has 4 N–H and O–H groups in total. The van der Waals surface area contributed by atoms with Crippen molar-refractivity contribution in [2.75, 3.05) is 39.5 Å². The highest BCUT2D eigenvalue weighted by Gasteiger charge is 2.40. The Kier molecular flexibility index (Phi) is 15.5. The molecule has 1 saturated heterocycles. The largest absolute Gasteiger partial charge is 0.481 e. The molecular weight excluding hydrogens is 781 g/mol. The molecule has 2 atom stereocenters. The molecule has 296 valence electrons. The molecule has 0 aliphatic carbocycles. The third-order valence-corrected chi connectivity index (χ3v) is 11.6. The van der Waals surface area contributed by atoms with E-state index in [-0.39, 0.29) is 11.8 Å². The molecule has 1 aliphatic rings. The highest BCUT2D eigenvalue weighted by atomic mass is 35.5. The van der Waals surface area contributed by atoms with Crippen molar-refractivity contribution in [3.63, 3.8) is 0 Å². The monoisotopic (exact) mass is 823 g/mol. The number of fused-ring (bicyclic) bond motifs is 1. The summed E-state index contributed by atoms with van der Waals surface area (Å²) < 4.78 is 12.3. The summed E-state index contributed by atoms with van der Waals surface area (Å²) in [4.78, 5) is 49.4. The van der Waals surface area contributed by atoms with Crippen LogP contribution in [0.2, 0.25) is 10.0 Å². The van der Waals surface area contributed by atoms with E-state index in [9.17, 15) is 28.6 Å². The Labute approximate surface area is 337 Å². The van der Waals surface area contributed by atoms with Crippen molar-refractivity contribution < 1.29 is 43.8 Å². The van der Waals surface area contributed by atoms with E-state index >= 15 is 0 Å². The van der Waals surface area contributed by atoms with Gasteiger partial charge in [0, 0.05) is 36.2 Å². The second-order valence-electron chi connectivity index (χ2n) is 13.8. The predicted octanol–water partition coefficient (Wildman–Crippen LogP) is 6.63. The number of halogens is 2. The van der Waals surface area contributed by atoms with Gasteiger partial charge in [0.15, 0.2) is 5.60 Å². The highest BCUT2D eigenvalue weighted by Crippen LogP contribution is 2.34. The first kappa shape index (κ1) is 43.9. The minimum absolute atomic E-state index is 0.0600. The fourth-order valence-corrected chi connectivity index (χ4v) is 8.03. The van der Waals surface area contributed by atoms with Gasteiger partial charge in [0.05, 0.1) is 45.3 Å². The number of rotatable bonds is 14. The van der Waals surface area contributed by atoms with Crippen molar-refractivity contribution in [1.29, 1.82) is 5.26 Å². The molecular formula is C41H43Cl2N3O9S. The fourth-order valence-electron chi connectivity index (χ4n) is 6.89. The topological polar surface area (TPSA) is 197 Å². The number of aliphatic carboxylic acids is 3. The number of carbonyl (C=O) groups is 4. The normalized spacial score (nSPS) is 14.5. The first-order valence-corrected chi connectivity index (χ1v) is 20.0. The molecule has 0 unspecified atom stereocenters. The molecule has 1 amide bonds. The molecule has 56 heavy (non-hydrogen) atoms. The minimum Gasteiger partial charge on any atom is -0.481 e. The van der Waals surface area contributed by atoms with Gasteiger partial charge < -0.3 is 30.2 Å². The number of nitrogens with zero attached hydrogens (tertiary/aromatic N) is 3. The van der Waals surface area contributed by atoms with Gasteiger partial charge >= 0.3 is 17.9 Å². The summed E-state index contributed by atoms with van der Waals surface area (Å²) in [6, 6.07) is 27.1. The lowest BCUT2D eigenvalue weighted by Gasteiger charge is -2.34. The lowest BCUT2D eigenvalue weighted by molar-refractivity contribution is -0.170. The molecule has 15 heteroatoms. The van der Waals surface area contributed by atoms with Crippen LogP contribution in [0.4, 0.5) is 0 Å². The van der Waals surface area contributed by atoms with Crippen molar-refractivity contribution in [3.8, 4) is 6.07 Å². The summed E-state index contributed by atoms with van der Waals surface area (Å²) in [6.07, 6.45) is 2.38. The molecule has 0 aromatic heterocycles. The zero-order chi connectivity index (χ0) is 41.2. The quantitative estimate of drug-likeness (QED) is 0.107. The molecule has 4 aromatic rings. The third kappa shape index (κ3) is 11.6. The Balaban J connectivity index is 0.000000460. The van der Waals surface area contributed by atoms with Crippen LogP contribution in [0.3, 0.4) is 0 Å². The van der Waals surface area contributed by atoms with E-state index in [0.717, 1.165) is 60.1 Å². The van der Waals surface area contributed by atoms with Crippen LogP contribution < -0.4 is 0 Å². The van der Waals surface area contributed by atoms with Crippen LogP contribution in [0, 0.1) is 11.3 Å². The SMILES string of the molecule is CN(C[C@@H](CCN1CCC(c2ccccc2[S@](C)=O)CC1)c1ccc(Cl)c(Cl)c1)C(=O)c1cccc2cc(C#N)ccc12.O=C(O)CC(O)(CC(=O)O)C(=O)O. The number of nitriles is 1. The predicted molar refractivity (Wildman–Crippen MR) is 214 cm³/mol. The van der Waals surface area contributed by atoms with Gasteiger partial charge in [-0.15, -0.1) is 0 Å². The molecule has 0 radical (unpaired) electrons. The molecule has 4 aromatic carbocycles. The average molecular weight is 825 g/mol. The van der Waals surface area contributed by atoms with Gasteiger partial charge in [0.1, 0.15) is 0 Å². The van der Waals surface area contributed by atoms with Gasteiger partial charge in [-0.1, -0.05) is 65.7 Å². The zero-order valence-electron chi connectivity index (χ0n) is 30.9. The number of hydrogen-bond acceptors (Lipinski definition) is 8. The van der Waals surface area contributed by atoms with Crippen LogP contribution >= 0.6 is 23.2 Å². The summed E-state index contributed by atoms with van der Waals surface area (Å²) in [5, 5.41) is 45.8. The average Bonchev–Trinajstić information content (AvgIpc) is 3.16. The van der Waals surface area contributed by atoms with Crippen LogP contribution in [0.25, 0.3) is 10.8 Å². The number of aliphatic hydroxyl groups is 1. The Morgan fingerprint density at radius 1 is 0.929 bits per heavy atom. The summed E-state index contributed by atoms with van der Waals surface area (Å²) in [5.74, 6) is -4.61. The van der Waals surface area contributed by atoms with Crippen LogP contribution in [-0.4, -0.2) is 103 Å². The summed E-state index contributed by atoms with van der Waals surface area (Å²) in [5.41, 5.74) is 0.720. The molecule has 0 bridgehead atoms. The van der Waals surface area contributed by atoms with Gasteiger partial charge in [-0.25, -0.2) is 4.79 Å². The lowest BCUT2D eigenvalue weighted by Crippen LogP contribution is -2.42. The number of benzene rings is 4. The van der Waals surface area contributed by atoms with Crippen LogP contribution in [0.1, 0.15) is 71.0 Å². The second-order valence-corrected chi connectivity index (χ2v) is 15.9. The molecule has 0 spiro atoms.